The van der Waals surface area contributed by atoms with E-state index in [0.29, 0.717) is 6.04 Å². The van der Waals surface area contributed by atoms with E-state index >= 15 is 0 Å². The Balaban J connectivity index is 1.86. The molecular formula is C11H19NO2S. The predicted octanol–water partition coefficient (Wildman–Crippen LogP) is 1.68. The van der Waals surface area contributed by atoms with Crippen LogP contribution < -0.4 is 0 Å². The molecule has 0 aromatic heterocycles. The maximum atomic E-state index is 10.8. The second kappa shape index (κ2) is 5.21. The fourth-order valence-corrected chi connectivity index (χ4v) is 3.28. The number of hydrogen-bond donors (Lipinski definition) is 1. The van der Waals surface area contributed by atoms with Crippen LogP contribution in [0.3, 0.4) is 0 Å². The van der Waals surface area contributed by atoms with Crippen LogP contribution in [-0.4, -0.2) is 46.6 Å². The normalized spacial score (nSPS) is 23.3. The topological polar surface area (TPSA) is 40.5 Å². The van der Waals surface area contributed by atoms with Crippen molar-refractivity contribution in [1.29, 1.82) is 0 Å². The van der Waals surface area contributed by atoms with Crippen LogP contribution in [0.2, 0.25) is 0 Å². The SMILES string of the molecule is O=C(O)CN(CC1CC1)C1CCSCC1. The zero-order valence-electron chi connectivity index (χ0n) is 9.02. The van der Waals surface area contributed by atoms with Crippen molar-refractivity contribution in [2.24, 2.45) is 5.92 Å². The van der Waals surface area contributed by atoms with E-state index in [0.717, 1.165) is 12.5 Å². The highest BCUT2D eigenvalue weighted by atomic mass is 32.2. The van der Waals surface area contributed by atoms with Gasteiger partial charge in [0.25, 0.3) is 0 Å². The van der Waals surface area contributed by atoms with Gasteiger partial charge in [-0.25, -0.2) is 0 Å². The standard InChI is InChI=1S/C11H19NO2S/c13-11(14)8-12(7-9-1-2-9)10-3-5-15-6-4-10/h9-10H,1-8H2,(H,13,14). The quantitative estimate of drug-likeness (QED) is 0.778. The summed E-state index contributed by atoms with van der Waals surface area (Å²) in [7, 11) is 0. The molecule has 1 saturated heterocycles. The summed E-state index contributed by atoms with van der Waals surface area (Å²) in [5.74, 6) is 2.52. The van der Waals surface area contributed by atoms with Gasteiger partial charge in [0.1, 0.15) is 0 Å². The van der Waals surface area contributed by atoms with Crippen molar-refractivity contribution < 1.29 is 9.90 Å². The summed E-state index contributed by atoms with van der Waals surface area (Å²) >= 11 is 2.00. The van der Waals surface area contributed by atoms with E-state index < -0.39 is 5.97 Å². The van der Waals surface area contributed by atoms with E-state index in [-0.39, 0.29) is 6.54 Å². The van der Waals surface area contributed by atoms with E-state index in [1.165, 1.54) is 37.2 Å². The molecule has 0 aromatic carbocycles. The summed E-state index contributed by atoms with van der Waals surface area (Å²) in [4.78, 5) is 13.0. The number of hydrogen-bond acceptors (Lipinski definition) is 3. The van der Waals surface area contributed by atoms with E-state index in [1.807, 2.05) is 11.8 Å². The molecule has 15 heavy (non-hydrogen) atoms. The first-order valence-electron chi connectivity index (χ1n) is 5.79. The highest BCUT2D eigenvalue weighted by molar-refractivity contribution is 7.99. The Morgan fingerprint density at radius 2 is 1.93 bits per heavy atom. The fourth-order valence-electron chi connectivity index (χ4n) is 2.20. The Bertz CT molecular complexity index is 225. The first-order chi connectivity index (χ1) is 7.25. The molecule has 1 N–H and O–H groups in total. The summed E-state index contributed by atoms with van der Waals surface area (Å²) in [6.45, 7) is 1.26. The van der Waals surface area contributed by atoms with Gasteiger partial charge in [-0.15, -0.1) is 0 Å². The maximum Gasteiger partial charge on any atom is 0.317 e. The Labute approximate surface area is 95.2 Å². The van der Waals surface area contributed by atoms with Crippen molar-refractivity contribution in [2.75, 3.05) is 24.6 Å². The van der Waals surface area contributed by atoms with Crippen molar-refractivity contribution in [3.63, 3.8) is 0 Å². The molecule has 1 aliphatic carbocycles. The molecule has 0 spiro atoms. The van der Waals surface area contributed by atoms with Crippen LogP contribution in [0.25, 0.3) is 0 Å². The van der Waals surface area contributed by atoms with Crippen LogP contribution in [0.5, 0.6) is 0 Å². The van der Waals surface area contributed by atoms with Gasteiger partial charge in [0.2, 0.25) is 0 Å². The van der Waals surface area contributed by atoms with E-state index in [9.17, 15) is 4.79 Å². The average Bonchev–Trinajstić information content (AvgIpc) is 3.01. The second-order valence-electron chi connectivity index (χ2n) is 4.61. The highest BCUT2D eigenvalue weighted by Crippen LogP contribution is 2.32. The summed E-state index contributed by atoms with van der Waals surface area (Å²) < 4.78 is 0. The molecular weight excluding hydrogens is 210 g/mol. The van der Waals surface area contributed by atoms with Crippen molar-refractivity contribution in [3.05, 3.63) is 0 Å². The lowest BCUT2D eigenvalue weighted by Gasteiger charge is -2.33. The number of carboxylic acid groups (broad SMARTS) is 1. The van der Waals surface area contributed by atoms with Crippen LogP contribution in [0.15, 0.2) is 0 Å². The summed E-state index contributed by atoms with van der Waals surface area (Å²) in [6.07, 6.45) is 4.95. The first kappa shape index (κ1) is 11.3. The highest BCUT2D eigenvalue weighted by Gasteiger charge is 2.29. The monoisotopic (exact) mass is 229 g/mol. The minimum absolute atomic E-state index is 0.242. The Kier molecular flexibility index (Phi) is 3.92. The molecule has 2 fully saturated rings. The van der Waals surface area contributed by atoms with Crippen LogP contribution in [0.4, 0.5) is 0 Å². The van der Waals surface area contributed by atoms with Gasteiger partial charge in [-0.3, -0.25) is 9.69 Å². The molecule has 86 valence electrons. The molecule has 2 rings (SSSR count). The largest absolute Gasteiger partial charge is 0.480 e. The molecule has 2 aliphatic rings. The van der Waals surface area contributed by atoms with E-state index in [4.69, 9.17) is 5.11 Å². The molecule has 3 nitrogen and oxygen atoms in total. The Hall–Kier alpha value is -0.220. The molecule has 0 bridgehead atoms. The zero-order chi connectivity index (χ0) is 10.7. The van der Waals surface area contributed by atoms with Crippen molar-refractivity contribution >= 4 is 17.7 Å². The smallest absolute Gasteiger partial charge is 0.317 e. The molecule has 0 radical (unpaired) electrons. The Morgan fingerprint density at radius 1 is 1.27 bits per heavy atom. The number of thioether (sulfide) groups is 1. The summed E-state index contributed by atoms with van der Waals surface area (Å²) in [5.41, 5.74) is 0. The third kappa shape index (κ3) is 3.68. The lowest BCUT2D eigenvalue weighted by Crippen LogP contribution is -2.42. The average molecular weight is 229 g/mol. The number of aliphatic carboxylic acids is 1. The van der Waals surface area contributed by atoms with Crippen LogP contribution in [-0.2, 0) is 4.79 Å². The van der Waals surface area contributed by atoms with Gasteiger partial charge < -0.3 is 5.11 Å². The van der Waals surface area contributed by atoms with Gasteiger partial charge >= 0.3 is 5.97 Å². The molecule has 0 amide bonds. The van der Waals surface area contributed by atoms with Crippen molar-refractivity contribution in [2.45, 2.75) is 31.7 Å². The summed E-state index contributed by atoms with van der Waals surface area (Å²) in [5, 5.41) is 8.90. The number of carbonyl (C=O) groups is 1. The molecule has 0 aromatic rings. The third-order valence-corrected chi connectivity index (χ3v) is 4.28. The van der Waals surface area contributed by atoms with Crippen LogP contribution >= 0.6 is 11.8 Å². The van der Waals surface area contributed by atoms with Gasteiger partial charge in [0.05, 0.1) is 6.54 Å². The lowest BCUT2D eigenvalue weighted by atomic mass is 10.1. The second-order valence-corrected chi connectivity index (χ2v) is 5.83. The minimum atomic E-state index is -0.672. The molecule has 1 heterocycles. The minimum Gasteiger partial charge on any atom is -0.480 e. The van der Waals surface area contributed by atoms with Crippen molar-refractivity contribution in [3.8, 4) is 0 Å². The third-order valence-electron chi connectivity index (χ3n) is 3.24. The van der Waals surface area contributed by atoms with E-state index in [2.05, 4.69) is 4.90 Å². The van der Waals surface area contributed by atoms with Gasteiger partial charge in [0.15, 0.2) is 0 Å². The summed E-state index contributed by atoms with van der Waals surface area (Å²) in [6, 6.07) is 0.531. The first-order valence-corrected chi connectivity index (χ1v) is 6.95. The molecule has 0 atom stereocenters. The van der Waals surface area contributed by atoms with Gasteiger partial charge in [0, 0.05) is 12.6 Å². The Morgan fingerprint density at radius 3 is 2.47 bits per heavy atom. The lowest BCUT2D eigenvalue weighted by molar-refractivity contribution is -0.139. The number of rotatable bonds is 5. The van der Waals surface area contributed by atoms with Gasteiger partial charge in [-0.05, 0) is 43.1 Å². The maximum absolute atomic E-state index is 10.8. The van der Waals surface area contributed by atoms with Gasteiger partial charge in [-0.2, -0.15) is 11.8 Å². The molecule has 4 heteroatoms. The number of carboxylic acids is 1. The molecule has 0 unspecified atom stereocenters. The predicted molar refractivity (Wildman–Crippen MR) is 62.3 cm³/mol. The van der Waals surface area contributed by atoms with E-state index in [1.54, 1.807) is 0 Å². The molecule has 1 aliphatic heterocycles. The van der Waals surface area contributed by atoms with Gasteiger partial charge in [-0.1, -0.05) is 0 Å². The van der Waals surface area contributed by atoms with Crippen molar-refractivity contribution in [1.82, 2.24) is 4.90 Å². The number of nitrogens with zero attached hydrogens (tertiary/aromatic N) is 1. The molecule has 1 saturated carbocycles. The fraction of sp³-hybridized carbons (Fsp3) is 0.909. The zero-order valence-corrected chi connectivity index (χ0v) is 9.84. The van der Waals surface area contributed by atoms with Crippen LogP contribution in [0.1, 0.15) is 25.7 Å². The van der Waals surface area contributed by atoms with Crippen LogP contribution in [0, 0.1) is 5.92 Å².